The minimum absolute atomic E-state index is 0.310. The molecular formula is C19H36O4. The standard InChI is InChI=1S/C19H36O4/c1-2-3-4-9-13-22-14-12-18-16-23-15-17(18)10-7-5-6-8-11-19(20)21/h17-18H,2-16H2,1H3,(H,20,21). The molecule has 2 unspecified atom stereocenters. The number of carboxylic acid groups (broad SMARTS) is 1. The Kier molecular flexibility index (Phi) is 12.3. The van der Waals surface area contributed by atoms with E-state index in [1.165, 1.54) is 38.5 Å². The third kappa shape index (κ3) is 10.7. The van der Waals surface area contributed by atoms with Crippen molar-refractivity contribution >= 4 is 5.97 Å². The SMILES string of the molecule is CCCCCCOCCC1COCC1CCCCCCC(=O)O. The molecule has 1 aliphatic rings. The Labute approximate surface area is 141 Å². The summed E-state index contributed by atoms with van der Waals surface area (Å²) in [6, 6.07) is 0. The molecule has 1 rings (SSSR count). The molecule has 0 spiro atoms. The second-order valence-corrected chi connectivity index (χ2v) is 6.87. The minimum Gasteiger partial charge on any atom is -0.481 e. The average Bonchev–Trinajstić information content (AvgIpc) is 2.97. The third-order valence-corrected chi connectivity index (χ3v) is 4.82. The van der Waals surface area contributed by atoms with Gasteiger partial charge in [-0.05, 0) is 37.5 Å². The number of carbonyl (C=O) groups is 1. The highest BCUT2D eigenvalue weighted by molar-refractivity contribution is 5.66. The molecule has 0 aliphatic carbocycles. The lowest BCUT2D eigenvalue weighted by Gasteiger charge is -2.17. The lowest BCUT2D eigenvalue weighted by molar-refractivity contribution is -0.137. The van der Waals surface area contributed by atoms with Crippen LogP contribution in [0.3, 0.4) is 0 Å². The van der Waals surface area contributed by atoms with Gasteiger partial charge in [0, 0.05) is 32.8 Å². The lowest BCUT2D eigenvalue weighted by atomic mass is 9.88. The quantitative estimate of drug-likeness (QED) is 0.444. The van der Waals surface area contributed by atoms with Crippen molar-refractivity contribution in [2.24, 2.45) is 11.8 Å². The number of hydrogen-bond acceptors (Lipinski definition) is 3. The van der Waals surface area contributed by atoms with Crippen LogP contribution in [0, 0.1) is 11.8 Å². The normalized spacial score (nSPS) is 20.9. The second-order valence-electron chi connectivity index (χ2n) is 6.87. The van der Waals surface area contributed by atoms with Crippen molar-refractivity contribution in [1.82, 2.24) is 0 Å². The van der Waals surface area contributed by atoms with E-state index in [-0.39, 0.29) is 0 Å². The largest absolute Gasteiger partial charge is 0.481 e. The molecule has 0 aromatic carbocycles. The zero-order valence-corrected chi connectivity index (χ0v) is 14.9. The summed E-state index contributed by atoms with van der Waals surface area (Å²) in [7, 11) is 0. The van der Waals surface area contributed by atoms with E-state index in [1.54, 1.807) is 0 Å². The molecular weight excluding hydrogens is 292 g/mol. The van der Waals surface area contributed by atoms with E-state index < -0.39 is 5.97 Å². The van der Waals surface area contributed by atoms with Gasteiger partial charge in [-0.15, -0.1) is 0 Å². The maximum Gasteiger partial charge on any atom is 0.303 e. The van der Waals surface area contributed by atoms with Crippen LogP contribution in [-0.4, -0.2) is 37.5 Å². The summed E-state index contributed by atoms with van der Waals surface area (Å²) in [4.78, 5) is 10.5. The van der Waals surface area contributed by atoms with E-state index in [2.05, 4.69) is 6.92 Å². The molecule has 1 saturated heterocycles. The molecule has 136 valence electrons. The molecule has 1 aliphatic heterocycles. The van der Waals surface area contributed by atoms with Crippen LogP contribution in [0.15, 0.2) is 0 Å². The van der Waals surface area contributed by atoms with Gasteiger partial charge in [0.2, 0.25) is 0 Å². The van der Waals surface area contributed by atoms with Crippen LogP contribution in [0.4, 0.5) is 0 Å². The zero-order valence-electron chi connectivity index (χ0n) is 14.9. The molecule has 4 nitrogen and oxygen atoms in total. The Balaban J connectivity index is 1.97. The van der Waals surface area contributed by atoms with Crippen LogP contribution in [0.2, 0.25) is 0 Å². The van der Waals surface area contributed by atoms with Crippen molar-refractivity contribution in [3.05, 3.63) is 0 Å². The lowest BCUT2D eigenvalue weighted by Crippen LogP contribution is -2.15. The molecule has 0 saturated carbocycles. The predicted octanol–water partition coefficient (Wildman–Crippen LogP) is 4.66. The predicted molar refractivity (Wildman–Crippen MR) is 92.7 cm³/mol. The molecule has 2 atom stereocenters. The Morgan fingerprint density at radius 3 is 2.39 bits per heavy atom. The van der Waals surface area contributed by atoms with Crippen LogP contribution in [0.1, 0.15) is 77.6 Å². The highest BCUT2D eigenvalue weighted by Crippen LogP contribution is 2.28. The van der Waals surface area contributed by atoms with Crippen LogP contribution in [0.25, 0.3) is 0 Å². The molecule has 0 radical (unpaired) electrons. The van der Waals surface area contributed by atoms with Crippen molar-refractivity contribution in [2.45, 2.75) is 77.6 Å². The summed E-state index contributed by atoms with van der Waals surface area (Å²) in [5.41, 5.74) is 0. The Hall–Kier alpha value is -0.610. The van der Waals surface area contributed by atoms with Crippen molar-refractivity contribution in [2.75, 3.05) is 26.4 Å². The molecule has 23 heavy (non-hydrogen) atoms. The van der Waals surface area contributed by atoms with Gasteiger partial charge in [-0.1, -0.05) is 45.4 Å². The number of rotatable bonds is 15. The number of carboxylic acids is 1. The first-order valence-electron chi connectivity index (χ1n) is 9.61. The van der Waals surface area contributed by atoms with Gasteiger partial charge in [0.05, 0.1) is 0 Å². The first-order valence-corrected chi connectivity index (χ1v) is 9.61. The third-order valence-electron chi connectivity index (χ3n) is 4.82. The average molecular weight is 328 g/mol. The highest BCUT2D eigenvalue weighted by Gasteiger charge is 2.27. The molecule has 0 aromatic rings. The summed E-state index contributed by atoms with van der Waals surface area (Å²) in [6.45, 7) is 5.80. The zero-order chi connectivity index (χ0) is 16.8. The molecule has 4 heteroatoms. The summed E-state index contributed by atoms with van der Waals surface area (Å²) in [5.74, 6) is 0.659. The number of ether oxygens (including phenoxy) is 2. The Morgan fingerprint density at radius 1 is 0.957 bits per heavy atom. The fraction of sp³-hybridized carbons (Fsp3) is 0.947. The first kappa shape index (κ1) is 20.4. The smallest absolute Gasteiger partial charge is 0.303 e. The van der Waals surface area contributed by atoms with Crippen LogP contribution >= 0.6 is 0 Å². The van der Waals surface area contributed by atoms with E-state index in [0.717, 1.165) is 52.1 Å². The van der Waals surface area contributed by atoms with Gasteiger partial charge in [0.15, 0.2) is 0 Å². The van der Waals surface area contributed by atoms with Gasteiger partial charge < -0.3 is 14.6 Å². The minimum atomic E-state index is -0.677. The van der Waals surface area contributed by atoms with E-state index in [1.807, 2.05) is 0 Å². The molecule has 1 fully saturated rings. The summed E-state index contributed by atoms with van der Waals surface area (Å²) in [6.07, 6.45) is 11.9. The van der Waals surface area contributed by atoms with Gasteiger partial charge >= 0.3 is 5.97 Å². The molecule has 0 aromatic heterocycles. The molecule has 1 N–H and O–H groups in total. The van der Waals surface area contributed by atoms with Gasteiger partial charge in [-0.25, -0.2) is 0 Å². The van der Waals surface area contributed by atoms with Crippen molar-refractivity contribution in [1.29, 1.82) is 0 Å². The van der Waals surface area contributed by atoms with E-state index in [0.29, 0.717) is 18.3 Å². The van der Waals surface area contributed by atoms with Crippen molar-refractivity contribution < 1.29 is 19.4 Å². The molecule has 0 amide bonds. The first-order chi connectivity index (χ1) is 11.2. The number of unbranched alkanes of at least 4 members (excludes halogenated alkanes) is 6. The van der Waals surface area contributed by atoms with Gasteiger partial charge in [-0.3, -0.25) is 4.79 Å². The van der Waals surface area contributed by atoms with Gasteiger partial charge in [0.1, 0.15) is 0 Å². The Morgan fingerprint density at radius 2 is 1.65 bits per heavy atom. The van der Waals surface area contributed by atoms with Gasteiger partial charge in [0.25, 0.3) is 0 Å². The number of hydrogen-bond donors (Lipinski definition) is 1. The maximum absolute atomic E-state index is 10.5. The van der Waals surface area contributed by atoms with E-state index in [9.17, 15) is 4.79 Å². The second kappa shape index (κ2) is 13.8. The maximum atomic E-state index is 10.5. The van der Waals surface area contributed by atoms with Gasteiger partial charge in [-0.2, -0.15) is 0 Å². The summed E-state index contributed by atoms with van der Waals surface area (Å²) >= 11 is 0. The van der Waals surface area contributed by atoms with E-state index >= 15 is 0 Å². The monoisotopic (exact) mass is 328 g/mol. The van der Waals surface area contributed by atoms with Crippen molar-refractivity contribution in [3.8, 4) is 0 Å². The van der Waals surface area contributed by atoms with Crippen molar-refractivity contribution in [3.63, 3.8) is 0 Å². The van der Waals surface area contributed by atoms with E-state index in [4.69, 9.17) is 14.6 Å². The molecule has 1 heterocycles. The molecule has 0 bridgehead atoms. The van der Waals surface area contributed by atoms with Crippen LogP contribution in [0.5, 0.6) is 0 Å². The van der Waals surface area contributed by atoms with Crippen LogP contribution < -0.4 is 0 Å². The van der Waals surface area contributed by atoms with Crippen LogP contribution in [-0.2, 0) is 14.3 Å². The number of aliphatic carboxylic acids is 1. The summed E-state index contributed by atoms with van der Waals surface area (Å²) in [5, 5.41) is 8.61. The Bertz CT molecular complexity index is 293. The fourth-order valence-corrected chi connectivity index (χ4v) is 3.29. The summed E-state index contributed by atoms with van der Waals surface area (Å²) < 4.78 is 11.4. The highest BCUT2D eigenvalue weighted by atomic mass is 16.5. The fourth-order valence-electron chi connectivity index (χ4n) is 3.29. The topological polar surface area (TPSA) is 55.8 Å².